The summed E-state index contributed by atoms with van der Waals surface area (Å²) < 4.78 is 28.7. The van der Waals surface area contributed by atoms with Gasteiger partial charge in [-0.15, -0.1) is 0 Å². The molecule has 1 unspecified atom stereocenters. The third kappa shape index (κ3) is 3.87. The van der Waals surface area contributed by atoms with Crippen molar-refractivity contribution in [2.75, 3.05) is 0 Å². The Labute approximate surface area is 144 Å². The summed E-state index contributed by atoms with van der Waals surface area (Å²) in [6.07, 6.45) is 1.32. The average Bonchev–Trinajstić information content (AvgIpc) is 2.84. The summed E-state index contributed by atoms with van der Waals surface area (Å²) in [5.41, 5.74) is 5.96. The minimum Gasteiger partial charge on any atom is -0.364 e. The van der Waals surface area contributed by atoms with Gasteiger partial charge in [-0.05, 0) is 30.7 Å². The second kappa shape index (κ2) is 6.52. The molecule has 0 fully saturated rings. The van der Waals surface area contributed by atoms with Crippen molar-refractivity contribution in [3.63, 3.8) is 0 Å². The van der Waals surface area contributed by atoms with E-state index in [2.05, 4.69) is 4.72 Å². The molecule has 0 aliphatic heterocycles. The highest BCUT2D eigenvalue weighted by Gasteiger charge is 2.22. The normalized spacial score (nSPS) is 13.0. The van der Waals surface area contributed by atoms with Gasteiger partial charge in [0.1, 0.15) is 10.6 Å². The number of hydrogen-bond donors (Lipinski definition) is 2. The van der Waals surface area contributed by atoms with Gasteiger partial charge in [-0.3, -0.25) is 4.79 Å². The van der Waals surface area contributed by atoms with E-state index in [1.165, 1.54) is 16.8 Å². The summed E-state index contributed by atoms with van der Waals surface area (Å²) in [5.74, 6) is -0.702. The second-order valence-corrected chi connectivity index (χ2v) is 7.58. The Morgan fingerprint density at radius 3 is 2.43 bits per heavy atom. The standard InChI is InChI=1S/C14H15Cl2N3O3S/c1-8(9-3-4-11(15)12(16)5-9)18-23(21,22)10-6-13(14(17)20)19(2)7-10/h3-8,18H,1-2H3,(H2,17,20). The van der Waals surface area contributed by atoms with Crippen LogP contribution < -0.4 is 10.5 Å². The van der Waals surface area contributed by atoms with Crippen LogP contribution in [0.2, 0.25) is 10.0 Å². The van der Waals surface area contributed by atoms with Crippen molar-refractivity contribution in [1.29, 1.82) is 0 Å². The van der Waals surface area contributed by atoms with Gasteiger partial charge in [0.05, 0.1) is 10.0 Å². The number of halogens is 2. The molecule has 2 aromatic rings. The van der Waals surface area contributed by atoms with Crippen LogP contribution in [-0.2, 0) is 17.1 Å². The predicted octanol–water partition coefficient (Wildman–Crippen LogP) is 2.47. The molecule has 0 saturated heterocycles. The lowest BCUT2D eigenvalue weighted by molar-refractivity contribution is 0.0992. The fourth-order valence-corrected chi connectivity index (χ4v) is 3.68. The molecule has 6 nitrogen and oxygen atoms in total. The van der Waals surface area contributed by atoms with E-state index in [-0.39, 0.29) is 10.6 Å². The summed E-state index contributed by atoms with van der Waals surface area (Å²) in [7, 11) is -2.28. The molecule has 0 aliphatic carbocycles. The van der Waals surface area contributed by atoms with Gasteiger partial charge in [-0.2, -0.15) is 0 Å². The molecule has 0 saturated carbocycles. The maximum atomic E-state index is 12.4. The average molecular weight is 376 g/mol. The van der Waals surface area contributed by atoms with Gasteiger partial charge in [0.25, 0.3) is 5.91 Å². The number of aromatic nitrogens is 1. The number of carbonyl (C=O) groups is 1. The van der Waals surface area contributed by atoms with E-state index in [1.54, 1.807) is 32.2 Å². The van der Waals surface area contributed by atoms with Gasteiger partial charge >= 0.3 is 0 Å². The smallest absolute Gasteiger partial charge is 0.265 e. The third-order valence-electron chi connectivity index (χ3n) is 3.32. The number of primary amides is 1. The van der Waals surface area contributed by atoms with Crippen molar-refractivity contribution in [1.82, 2.24) is 9.29 Å². The summed E-state index contributed by atoms with van der Waals surface area (Å²) in [4.78, 5) is 11.2. The first kappa shape index (κ1) is 17.8. The van der Waals surface area contributed by atoms with Crippen LogP contribution >= 0.6 is 23.2 Å². The number of benzene rings is 1. The van der Waals surface area contributed by atoms with Crippen molar-refractivity contribution in [3.8, 4) is 0 Å². The number of carbonyl (C=O) groups excluding carboxylic acids is 1. The molecule has 1 aromatic carbocycles. The molecule has 23 heavy (non-hydrogen) atoms. The van der Waals surface area contributed by atoms with Crippen LogP contribution in [0.1, 0.15) is 29.0 Å². The molecule has 0 bridgehead atoms. The molecule has 0 aliphatic rings. The molecule has 0 spiro atoms. The van der Waals surface area contributed by atoms with Crippen LogP contribution in [0.25, 0.3) is 0 Å². The van der Waals surface area contributed by atoms with Crippen LogP contribution in [0.5, 0.6) is 0 Å². The van der Waals surface area contributed by atoms with Gasteiger partial charge < -0.3 is 10.3 Å². The fraction of sp³-hybridized carbons (Fsp3) is 0.214. The van der Waals surface area contributed by atoms with Crippen LogP contribution in [-0.4, -0.2) is 18.9 Å². The minimum atomic E-state index is -3.82. The Morgan fingerprint density at radius 1 is 1.26 bits per heavy atom. The summed E-state index contributed by atoms with van der Waals surface area (Å²) >= 11 is 11.8. The third-order valence-corrected chi connectivity index (χ3v) is 5.56. The van der Waals surface area contributed by atoms with Gasteiger partial charge in [-0.25, -0.2) is 13.1 Å². The van der Waals surface area contributed by atoms with Gasteiger partial charge in [0.2, 0.25) is 10.0 Å². The number of amides is 1. The number of nitrogens with one attached hydrogen (secondary N) is 1. The van der Waals surface area contributed by atoms with Crippen LogP contribution in [0.15, 0.2) is 35.4 Å². The predicted molar refractivity (Wildman–Crippen MR) is 89.1 cm³/mol. The van der Waals surface area contributed by atoms with Gasteiger partial charge in [0.15, 0.2) is 0 Å². The minimum absolute atomic E-state index is 0.0410. The van der Waals surface area contributed by atoms with E-state index in [4.69, 9.17) is 28.9 Å². The quantitative estimate of drug-likeness (QED) is 0.839. The Balaban J connectivity index is 2.28. The molecule has 0 radical (unpaired) electrons. The fourth-order valence-electron chi connectivity index (χ4n) is 2.08. The molecule has 1 heterocycles. The zero-order chi connectivity index (χ0) is 17.4. The first-order valence-corrected chi connectivity index (χ1v) is 8.79. The Hall–Kier alpha value is -1.54. The van der Waals surface area contributed by atoms with Crippen molar-refractivity contribution in [2.24, 2.45) is 12.8 Å². The highest BCUT2D eigenvalue weighted by molar-refractivity contribution is 7.89. The highest BCUT2D eigenvalue weighted by Crippen LogP contribution is 2.26. The first-order chi connectivity index (χ1) is 10.6. The molecule has 1 atom stereocenters. The number of sulfonamides is 1. The molecule has 124 valence electrons. The number of nitrogens with zero attached hydrogens (tertiary/aromatic N) is 1. The number of rotatable bonds is 5. The van der Waals surface area contributed by atoms with E-state index >= 15 is 0 Å². The highest BCUT2D eigenvalue weighted by atomic mass is 35.5. The van der Waals surface area contributed by atoms with Crippen LogP contribution in [0.4, 0.5) is 0 Å². The lowest BCUT2D eigenvalue weighted by atomic mass is 10.1. The Bertz CT molecular complexity index is 862. The topological polar surface area (TPSA) is 94.2 Å². The molecular formula is C14H15Cl2N3O3S. The van der Waals surface area contributed by atoms with E-state index in [0.717, 1.165) is 0 Å². The molecule has 1 amide bonds. The number of nitrogens with two attached hydrogens (primary N) is 1. The van der Waals surface area contributed by atoms with E-state index in [0.29, 0.717) is 15.6 Å². The molecule has 2 rings (SSSR count). The van der Waals surface area contributed by atoms with Crippen LogP contribution in [0.3, 0.4) is 0 Å². The maximum Gasteiger partial charge on any atom is 0.265 e. The van der Waals surface area contributed by atoms with E-state index in [9.17, 15) is 13.2 Å². The summed E-state index contributed by atoms with van der Waals surface area (Å²) in [6.45, 7) is 1.68. The molecule has 9 heteroatoms. The lowest BCUT2D eigenvalue weighted by Crippen LogP contribution is -2.26. The monoisotopic (exact) mass is 375 g/mol. The Kier molecular flexibility index (Phi) is 5.05. The molecular weight excluding hydrogens is 361 g/mol. The van der Waals surface area contributed by atoms with Crippen molar-refractivity contribution < 1.29 is 13.2 Å². The largest absolute Gasteiger partial charge is 0.364 e. The Morgan fingerprint density at radius 2 is 1.91 bits per heavy atom. The van der Waals surface area contributed by atoms with Gasteiger partial charge in [-0.1, -0.05) is 29.3 Å². The molecule has 3 N–H and O–H groups in total. The summed E-state index contributed by atoms with van der Waals surface area (Å²) in [5, 5.41) is 0.727. The van der Waals surface area contributed by atoms with Crippen LogP contribution in [0, 0.1) is 0 Å². The van der Waals surface area contributed by atoms with E-state index in [1.807, 2.05) is 0 Å². The first-order valence-electron chi connectivity index (χ1n) is 6.55. The second-order valence-electron chi connectivity index (χ2n) is 5.05. The van der Waals surface area contributed by atoms with Gasteiger partial charge in [0, 0.05) is 19.3 Å². The maximum absolute atomic E-state index is 12.4. The van der Waals surface area contributed by atoms with E-state index < -0.39 is 22.0 Å². The SMILES string of the molecule is CC(NS(=O)(=O)c1cc(C(N)=O)n(C)c1)c1ccc(Cl)c(Cl)c1. The number of aryl methyl sites for hydroxylation is 1. The zero-order valence-corrected chi connectivity index (χ0v) is 14.7. The van der Waals surface area contributed by atoms with Crippen molar-refractivity contribution >= 4 is 39.1 Å². The summed E-state index contributed by atoms with van der Waals surface area (Å²) in [6, 6.07) is 5.56. The lowest BCUT2D eigenvalue weighted by Gasteiger charge is -2.14. The van der Waals surface area contributed by atoms with Crippen molar-refractivity contribution in [2.45, 2.75) is 17.9 Å². The van der Waals surface area contributed by atoms with Crippen molar-refractivity contribution in [3.05, 3.63) is 51.8 Å². The zero-order valence-electron chi connectivity index (χ0n) is 12.4. The molecule has 1 aromatic heterocycles. The number of hydrogen-bond acceptors (Lipinski definition) is 3.